The number of nitrogens with zero attached hydrogens (tertiary/aromatic N) is 2. The van der Waals surface area contributed by atoms with Gasteiger partial charge in [-0.15, -0.1) is 0 Å². The van der Waals surface area contributed by atoms with E-state index in [-0.39, 0.29) is 15.7 Å². The fraction of sp³-hybridized carbons (Fsp3) is 0.429. The number of piperidine rings is 1. The predicted molar refractivity (Wildman–Crippen MR) is 114 cm³/mol. The summed E-state index contributed by atoms with van der Waals surface area (Å²) in [6.07, 6.45) is 1.75. The van der Waals surface area contributed by atoms with Gasteiger partial charge in [-0.2, -0.15) is 8.61 Å². The average Bonchev–Trinajstić information content (AvgIpc) is 2.75. The molecule has 0 spiro atoms. The van der Waals surface area contributed by atoms with Crippen molar-refractivity contribution < 1.29 is 16.8 Å². The van der Waals surface area contributed by atoms with Crippen molar-refractivity contribution in [2.45, 2.75) is 42.4 Å². The molecule has 0 aliphatic carbocycles. The Morgan fingerprint density at radius 3 is 2.07 bits per heavy atom. The molecule has 2 aromatic carbocycles. The van der Waals surface area contributed by atoms with Gasteiger partial charge in [0.25, 0.3) is 0 Å². The van der Waals surface area contributed by atoms with Crippen molar-refractivity contribution in [3.8, 4) is 0 Å². The van der Waals surface area contributed by atoms with Gasteiger partial charge in [0, 0.05) is 26.2 Å². The van der Waals surface area contributed by atoms with Crippen molar-refractivity contribution in [2.75, 3.05) is 26.2 Å². The Labute approximate surface area is 174 Å². The highest BCUT2D eigenvalue weighted by molar-refractivity contribution is 7.89. The minimum atomic E-state index is -3.67. The van der Waals surface area contributed by atoms with Crippen LogP contribution in [0.2, 0.25) is 0 Å². The van der Waals surface area contributed by atoms with E-state index in [1.54, 1.807) is 13.8 Å². The Morgan fingerprint density at radius 1 is 0.897 bits per heavy atom. The quantitative estimate of drug-likeness (QED) is 0.668. The standard InChI is InChI=1S/C21H28N2O4S2/c1-3-22(4-2)28(24,25)20-12-14-21(15-13-20)29(26,27)23-16-8-11-19(17-23)18-9-6-5-7-10-18/h5-7,9-10,12-15,19H,3-4,8,11,16-17H2,1-2H3. The molecular weight excluding hydrogens is 408 g/mol. The normalized spacial score (nSPS) is 18.8. The number of hydrogen-bond acceptors (Lipinski definition) is 4. The van der Waals surface area contributed by atoms with Crippen LogP contribution in [-0.4, -0.2) is 51.6 Å². The third kappa shape index (κ3) is 4.55. The topological polar surface area (TPSA) is 74.8 Å². The van der Waals surface area contributed by atoms with Gasteiger partial charge in [0.05, 0.1) is 9.79 Å². The zero-order valence-corrected chi connectivity index (χ0v) is 18.5. The van der Waals surface area contributed by atoms with Crippen LogP contribution in [0.1, 0.15) is 38.2 Å². The number of sulfonamides is 2. The van der Waals surface area contributed by atoms with E-state index in [1.165, 1.54) is 32.9 Å². The molecule has 1 saturated heterocycles. The fourth-order valence-electron chi connectivity index (χ4n) is 3.80. The molecule has 1 heterocycles. The molecule has 0 aromatic heterocycles. The molecule has 1 unspecified atom stereocenters. The lowest BCUT2D eigenvalue weighted by molar-refractivity contribution is 0.315. The first-order valence-electron chi connectivity index (χ1n) is 9.96. The first-order chi connectivity index (χ1) is 13.8. The van der Waals surface area contributed by atoms with Crippen LogP contribution in [0.4, 0.5) is 0 Å². The van der Waals surface area contributed by atoms with Crippen molar-refractivity contribution in [3.05, 3.63) is 60.2 Å². The summed E-state index contributed by atoms with van der Waals surface area (Å²) in [6.45, 7) is 5.21. The molecule has 0 saturated carbocycles. The van der Waals surface area contributed by atoms with Crippen LogP contribution in [0.5, 0.6) is 0 Å². The molecule has 0 amide bonds. The van der Waals surface area contributed by atoms with Crippen LogP contribution in [-0.2, 0) is 20.0 Å². The Balaban J connectivity index is 1.82. The lowest BCUT2D eigenvalue weighted by Gasteiger charge is -2.32. The first-order valence-corrected chi connectivity index (χ1v) is 12.8. The molecule has 0 radical (unpaired) electrons. The minimum Gasteiger partial charge on any atom is -0.207 e. The van der Waals surface area contributed by atoms with Gasteiger partial charge in [-0.3, -0.25) is 0 Å². The average molecular weight is 437 g/mol. The molecule has 6 nitrogen and oxygen atoms in total. The summed E-state index contributed by atoms with van der Waals surface area (Å²) >= 11 is 0. The number of hydrogen-bond donors (Lipinski definition) is 0. The van der Waals surface area contributed by atoms with Gasteiger partial charge < -0.3 is 0 Å². The molecule has 0 N–H and O–H groups in total. The highest BCUT2D eigenvalue weighted by Crippen LogP contribution is 2.30. The molecular formula is C21H28N2O4S2. The van der Waals surface area contributed by atoms with E-state index in [2.05, 4.69) is 0 Å². The van der Waals surface area contributed by atoms with Gasteiger partial charge in [0.15, 0.2) is 0 Å². The predicted octanol–water partition coefficient (Wildman–Crippen LogP) is 3.29. The summed E-state index contributed by atoms with van der Waals surface area (Å²) in [4.78, 5) is 0.241. The lowest BCUT2D eigenvalue weighted by Crippen LogP contribution is -2.39. The molecule has 2 aromatic rings. The van der Waals surface area contributed by atoms with E-state index < -0.39 is 20.0 Å². The zero-order chi connectivity index (χ0) is 21.1. The van der Waals surface area contributed by atoms with Crippen molar-refractivity contribution >= 4 is 20.0 Å². The molecule has 29 heavy (non-hydrogen) atoms. The van der Waals surface area contributed by atoms with Gasteiger partial charge in [-0.25, -0.2) is 16.8 Å². The third-order valence-electron chi connectivity index (χ3n) is 5.46. The maximum atomic E-state index is 13.1. The molecule has 1 fully saturated rings. The van der Waals surface area contributed by atoms with E-state index >= 15 is 0 Å². The van der Waals surface area contributed by atoms with E-state index in [1.807, 2.05) is 30.3 Å². The molecule has 1 aliphatic heterocycles. The zero-order valence-electron chi connectivity index (χ0n) is 16.9. The van der Waals surface area contributed by atoms with Crippen LogP contribution >= 0.6 is 0 Å². The smallest absolute Gasteiger partial charge is 0.207 e. The highest BCUT2D eigenvalue weighted by atomic mass is 32.2. The Hall–Kier alpha value is -1.74. The maximum Gasteiger partial charge on any atom is 0.243 e. The molecule has 1 aliphatic rings. The molecule has 0 bridgehead atoms. The van der Waals surface area contributed by atoms with Gasteiger partial charge in [-0.1, -0.05) is 44.2 Å². The Bertz CT molecular complexity index is 1020. The van der Waals surface area contributed by atoms with E-state index in [9.17, 15) is 16.8 Å². The third-order valence-corrected chi connectivity index (χ3v) is 9.40. The van der Waals surface area contributed by atoms with Crippen molar-refractivity contribution in [3.63, 3.8) is 0 Å². The van der Waals surface area contributed by atoms with E-state index in [4.69, 9.17) is 0 Å². The van der Waals surface area contributed by atoms with Crippen LogP contribution in [0.3, 0.4) is 0 Å². The summed E-state index contributed by atoms with van der Waals surface area (Å²) in [5.74, 6) is 0.169. The van der Waals surface area contributed by atoms with E-state index in [0.717, 1.165) is 18.4 Å². The minimum absolute atomic E-state index is 0.112. The van der Waals surface area contributed by atoms with Crippen molar-refractivity contribution in [1.82, 2.24) is 8.61 Å². The van der Waals surface area contributed by atoms with Gasteiger partial charge in [0.1, 0.15) is 0 Å². The summed E-state index contributed by atoms with van der Waals surface area (Å²) in [7, 11) is -7.28. The van der Waals surface area contributed by atoms with Gasteiger partial charge in [0.2, 0.25) is 20.0 Å². The summed E-state index contributed by atoms with van der Waals surface area (Å²) in [6, 6.07) is 15.5. The van der Waals surface area contributed by atoms with Crippen LogP contribution in [0, 0.1) is 0 Å². The maximum absolute atomic E-state index is 13.1. The summed E-state index contributed by atoms with van der Waals surface area (Å²) < 4.78 is 54.4. The first kappa shape index (κ1) is 22.0. The second-order valence-electron chi connectivity index (χ2n) is 7.17. The molecule has 8 heteroatoms. The summed E-state index contributed by atoms with van der Waals surface area (Å²) in [5, 5.41) is 0. The molecule has 158 valence electrons. The lowest BCUT2D eigenvalue weighted by atomic mass is 9.92. The van der Waals surface area contributed by atoms with Crippen LogP contribution in [0.25, 0.3) is 0 Å². The SMILES string of the molecule is CCN(CC)S(=O)(=O)c1ccc(S(=O)(=O)N2CCCC(c3ccccc3)C2)cc1. The second-order valence-corrected chi connectivity index (χ2v) is 11.0. The van der Waals surface area contributed by atoms with Crippen molar-refractivity contribution in [1.29, 1.82) is 0 Å². The molecule has 3 rings (SSSR count). The Morgan fingerprint density at radius 2 is 1.48 bits per heavy atom. The molecule has 1 atom stereocenters. The van der Waals surface area contributed by atoms with Crippen LogP contribution < -0.4 is 0 Å². The van der Waals surface area contributed by atoms with Crippen molar-refractivity contribution in [2.24, 2.45) is 0 Å². The number of benzene rings is 2. The monoisotopic (exact) mass is 436 g/mol. The van der Waals surface area contributed by atoms with Crippen LogP contribution in [0.15, 0.2) is 64.4 Å². The van der Waals surface area contributed by atoms with Gasteiger partial charge >= 0.3 is 0 Å². The Kier molecular flexibility index (Phi) is 6.78. The largest absolute Gasteiger partial charge is 0.243 e. The van der Waals surface area contributed by atoms with Gasteiger partial charge in [-0.05, 0) is 48.6 Å². The highest BCUT2D eigenvalue weighted by Gasteiger charge is 2.31. The number of rotatable bonds is 7. The fourth-order valence-corrected chi connectivity index (χ4v) is 6.79. The van der Waals surface area contributed by atoms with E-state index in [0.29, 0.717) is 26.2 Å². The summed E-state index contributed by atoms with van der Waals surface area (Å²) in [5.41, 5.74) is 1.15. The second kappa shape index (κ2) is 8.95.